The molecular weight excluding hydrogens is 284 g/mol. The number of benzene rings is 2. The molecule has 0 fully saturated rings. The Hall–Kier alpha value is -2.01. The third-order valence-electron chi connectivity index (χ3n) is 3.21. The van der Waals surface area contributed by atoms with E-state index in [0.717, 1.165) is 5.56 Å². The molecule has 2 aromatic carbocycles. The van der Waals surface area contributed by atoms with Crippen molar-refractivity contribution in [1.82, 2.24) is 0 Å². The highest BCUT2D eigenvalue weighted by Gasteiger charge is 2.25. The van der Waals surface area contributed by atoms with E-state index in [-0.39, 0.29) is 0 Å². The summed E-state index contributed by atoms with van der Waals surface area (Å²) in [5.74, 6) is 0. The van der Waals surface area contributed by atoms with Crippen molar-refractivity contribution in [2.45, 2.75) is 25.2 Å². The Morgan fingerprint density at radius 3 is 2.43 bits per heavy atom. The van der Waals surface area contributed by atoms with Gasteiger partial charge >= 0.3 is 0 Å². The maximum absolute atomic E-state index is 12.9. The normalized spacial score (nSPS) is 11.3. The molecule has 5 heteroatoms. The van der Waals surface area contributed by atoms with Crippen molar-refractivity contribution < 1.29 is 8.42 Å². The Kier molecular flexibility index (Phi) is 4.53. The van der Waals surface area contributed by atoms with Crippen LogP contribution in [-0.2, 0) is 10.0 Å². The smallest absolute Gasteiger partial charge is 0.264 e. The van der Waals surface area contributed by atoms with Gasteiger partial charge in [-0.05, 0) is 43.2 Å². The van der Waals surface area contributed by atoms with Crippen molar-refractivity contribution in [1.29, 1.82) is 0 Å². The van der Waals surface area contributed by atoms with Crippen molar-refractivity contribution in [2.24, 2.45) is 0 Å². The molecule has 0 saturated carbocycles. The van der Waals surface area contributed by atoms with Crippen LogP contribution in [0.2, 0.25) is 0 Å². The highest BCUT2D eigenvalue weighted by atomic mass is 32.2. The minimum atomic E-state index is -3.61. The molecule has 4 nitrogen and oxygen atoms in total. The van der Waals surface area contributed by atoms with Crippen LogP contribution in [0.5, 0.6) is 0 Å². The second kappa shape index (κ2) is 6.18. The van der Waals surface area contributed by atoms with Gasteiger partial charge < -0.3 is 5.73 Å². The summed E-state index contributed by atoms with van der Waals surface area (Å²) >= 11 is 0. The molecule has 0 radical (unpaired) electrons. The van der Waals surface area contributed by atoms with Crippen LogP contribution in [0.3, 0.4) is 0 Å². The number of anilines is 2. The van der Waals surface area contributed by atoms with Crippen LogP contribution in [0.15, 0.2) is 53.4 Å². The first kappa shape index (κ1) is 15.4. The highest BCUT2D eigenvalue weighted by molar-refractivity contribution is 7.92. The number of rotatable bonds is 5. The second-order valence-corrected chi connectivity index (χ2v) is 6.81. The van der Waals surface area contributed by atoms with E-state index in [2.05, 4.69) is 0 Å². The molecule has 0 aromatic heterocycles. The van der Waals surface area contributed by atoms with E-state index < -0.39 is 10.0 Å². The molecular formula is C16H20N2O2S. The summed E-state index contributed by atoms with van der Waals surface area (Å²) in [5, 5.41) is 0. The molecule has 112 valence electrons. The summed E-state index contributed by atoms with van der Waals surface area (Å²) in [4.78, 5) is 0.291. The van der Waals surface area contributed by atoms with E-state index in [1.165, 1.54) is 4.31 Å². The van der Waals surface area contributed by atoms with Crippen molar-refractivity contribution in [2.75, 3.05) is 16.6 Å². The summed E-state index contributed by atoms with van der Waals surface area (Å²) in [6.07, 6.45) is 0.708. The number of hydrogen-bond donors (Lipinski definition) is 1. The molecule has 0 saturated heterocycles. The number of nitrogen functional groups attached to an aromatic ring is 1. The second-order valence-electron chi connectivity index (χ2n) is 4.95. The Morgan fingerprint density at radius 2 is 1.81 bits per heavy atom. The van der Waals surface area contributed by atoms with Crippen LogP contribution in [0.25, 0.3) is 0 Å². The average molecular weight is 304 g/mol. The number of para-hydroxylation sites is 2. The SMILES string of the molecule is CCCN(c1ccccc1N)S(=O)(=O)c1cccc(C)c1. The molecule has 0 aliphatic carbocycles. The molecule has 21 heavy (non-hydrogen) atoms. The third-order valence-corrected chi connectivity index (χ3v) is 5.02. The Morgan fingerprint density at radius 1 is 1.10 bits per heavy atom. The summed E-state index contributed by atoms with van der Waals surface area (Å²) in [6, 6.07) is 14.0. The molecule has 0 aliphatic heterocycles. The zero-order valence-electron chi connectivity index (χ0n) is 12.3. The van der Waals surface area contributed by atoms with E-state index in [0.29, 0.717) is 29.2 Å². The molecule has 0 amide bonds. The summed E-state index contributed by atoms with van der Waals surface area (Å²) in [7, 11) is -3.61. The predicted octanol–water partition coefficient (Wildman–Crippen LogP) is 3.18. The fraction of sp³-hybridized carbons (Fsp3) is 0.250. The first-order valence-corrected chi connectivity index (χ1v) is 8.34. The fourth-order valence-electron chi connectivity index (χ4n) is 2.19. The van der Waals surface area contributed by atoms with Gasteiger partial charge in [0.05, 0.1) is 16.3 Å². The van der Waals surface area contributed by atoms with Gasteiger partial charge in [0.25, 0.3) is 10.0 Å². The molecule has 0 aliphatic rings. The first-order chi connectivity index (χ1) is 9.96. The molecule has 0 unspecified atom stereocenters. The maximum Gasteiger partial charge on any atom is 0.264 e. The van der Waals surface area contributed by atoms with Gasteiger partial charge in [-0.3, -0.25) is 4.31 Å². The van der Waals surface area contributed by atoms with Crippen LogP contribution in [-0.4, -0.2) is 15.0 Å². The van der Waals surface area contributed by atoms with E-state index in [1.54, 1.807) is 42.5 Å². The Balaban J connectivity index is 2.54. The van der Waals surface area contributed by atoms with E-state index in [9.17, 15) is 8.42 Å². The molecule has 2 aromatic rings. The molecule has 0 bridgehead atoms. The van der Waals surface area contributed by atoms with Gasteiger partial charge in [0.2, 0.25) is 0 Å². The number of nitrogens with zero attached hydrogens (tertiary/aromatic N) is 1. The molecule has 0 heterocycles. The standard InChI is InChI=1S/C16H20N2O2S/c1-3-11-18(16-10-5-4-9-15(16)17)21(19,20)14-8-6-7-13(2)12-14/h4-10,12H,3,11,17H2,1-2H3. The topological polar surface area (TPSA) is 63.4 Å². The molecule has 2 N–H and O–H groups in total. The number of sulfonamides is 1. The Labute approximate surface area is 126 Å². The number of aryl methyl sites for hydroxylation is 1. The lowest BCUT2D eigenvalue weighted by Gasteiger charge is -2.25. The summed E-state index contributed by atoms with van der Waals surface area (Å²) in [6.45, 7) is 4.21. The van der Waals surface area contributed by atoms with Gasteiger partial charge in [-0.15, -0.1) is 0 Å². The molecule has 2 rings (SSSR count). The number of hydrogen-bond acceptors (Lipinski definition) is 3. The highest BCUT2D eigenvalue weighted by Crippen LogP contribution is 2.29. The van der Waals surface area contributed by atoms with Gasteiger partial charge in [0.15, 0.2) is 0 Å². The Bertz CT molecular complexity index is 727. The quantitative estimate of drug-likeness (QED) is 0.863. The minimum Gasteiger partial charge on any atom is -0.397 e. The fourth-order valence-corrected chi connectivity index (χ4v) is 3.88. The van der Waals surface area contributed by atoms with E-state index in [4.69, 9.17) is 5.73 Å². The van der Waals surface area contributed by atoms with Gasteiger partial charge in [0, 0.05) is 6.54 Å². The third kappa shape index (κ3) is 3.19. The van der Waals surface area contributed by atoms with Crippen LogP contribution < -0.4 is 10.0 Å². The molecule has 0 atom stereocenters. The van der Waals surface area contributed by atoms with Crippen LogP contribution in [0, 0.1) is 6.92 Å². The van der Waals surface area contributed by atoms with Gasteiger partial charge in [-0.2, -0.15) is 0 Å². The zero-order chi connectivity index (χ0) is 15.5. The van der Waals surface area contributed by atoms with Crippen molar-refractivity contribution in [3.8, 4) is 0 Å². The van der Waals surface area contributed by atoms with Crippen LogP contribution in [0.1, 0.15) is 18.9 Å². The van der Waals surface area contributed by atoms with Crippen molar-refractivity contribution >= 4 is 21.4 Å². The first-order valence-electron chi connectivity index (χ1n) is 6.90. The van der Waals surface area contributed by atoms with Gasteiger partial charge in [-0.1, -0.05) is 31.2 Å². The van der Waals surface area contributed by atoms with Crippen LogP contribution >= 0.6 is 0 Å². The van der Waals surface area contributed by atoms with Gasteiger partial charge in [0.1, 0.15) is 0 Å². The number of nitrogens with two attached hydrogens (primary N) is 1. The molecule has 0 spiro atoms. The van der Waals surface area contributed by atoms with E-state index in [1.807, 2.05) is 19.9 Å². The summed E-state index contributed by atoms with van der Waals surface area (Å²) < 4.78 is 27.2. The minimum absolute atomic E-state index is 0.291. The van der Waals surface area contributed by atoms with E-state index >= 15 is 0 Å². The zero-order valence-corrected chi connectivity index (χ0v) is 13.1. The average Bonchev–Trinajstić information content (AvgIpc) is 2.45. The van der Waals surface area contributed by atoms with Crippen molar-refractivity contribution in [3.63, 3.8) is 0 Å². The lowest BCUT2D eigenvalue weighted by molar-refractivity contribution is 0.590. The lowest BCUT2D eigenvalue weighted by Crippen LogP contribution is -2.32. The lowest BCUT2D eigenvalue weighted by atomic mass is 10.2. The van der Waals surface area contributed by atoms with Crippen LogP contribution in [0.4, 0.5) is 11.4 Å². The van der Waals surface area contributed by atoms with Crippen molar-refractivity contribution in [3.05, 3.63) is 54.1 Å². The van der Waals surface area contributed by atoms with Gasteiger partial charge in [-0.25, -0.2) is 8.42 Å². The summed E-state index contributed by atoms with van der Waals surface area (Å²) in [5.41, 5.74) is 7.85. The largest absolute Gasteiger partial charge is 0.397 e. The predicted molar refractivity (Wildman–Crippen MR) is 86.9 cm³/mol. The monoisotopic (exact) mass is 304 g/mol. The maximum atomic E-state index is 12.9.